The molecule has 0 aliphatic heterocycles. The molecule has 3 N–H and O–H groups in total. The zero-order valence-corrected chi connectivity index (χ0v) is 66.4. The SMILES string of the molecule is CC/C=C\C/C=C\C/C=C\C/C=C\C/C=C\CCCCCC(=O)OCC(COP(=O)(O)OCC(O)COP(=O)(O)OCC(COC(=O)CCCC/C=C\C/C=C\C/C=C\C/C=C\CC)OC(=O)CCCCCCC/C=C\CCCCCCCC)OC(=O)CCCCCCC/C=C\C/C=C\C/C=C\CC. The molecule has 0 aromatic heterocycles. The van der Waals surface area contributed by atoms with Gasteiger partial charge >= 0.3 is 39.5 Å². The minimum absolute atomic E-state index is 0.0615. The van der Waals surface area contributed by atoms with E-state index < -0.39 is 97.5 Å². The summed E-state index contributed by atoms with van der Waals surface area (Å²) in [4.78, 5) is 73.0. The van der Waals surface area contributed by atoms with E-state index in [1.807, 2.05) is 0 Å². The van der Waals surface area contributed by atoms with Crippen LogP contribution in [0, 0.1) is 0 Å². The molecule has 5 atom stereocenters. The lowest BCUT2D eigenvalue weighted by Crippen LogP contribution is -2.30. The van der Waals surface area contributed by atoms with Gasteiger partial charge in [0.25, 0.3) is 0 Å². The van der Waals surface area contributed by atoms with Gasteiger partial charge in [0.05, 0.1) is 26.4 Å². The van der Waals surface area contributed by atoms with Crippen LogP contribution in [-0.2, 0) is 65.4 Å². The monoisotopic (exact) mass is 1490 g/mol. The maximum atomic E-state index is 13.1. The minimum atomic E-state index is -5.00. The molecule has 0 amide bonds. The van der Waals surface area contributed by atoms with Crippen LogP contribution in [-0.4, -0.2) is 96.7 Å². The Bertz CT molecular complexity index is 2590. The molecule has 0 radical (unpaired) electrons. The van der Waals surface area contributed by atoms with E-state index in [1.54, 1.807) is 0 Å². The molecule has 0 heterocycles. The summed E-state index contributed by atoms with van der Waals surface area (Å²) >= 11 is 0. The molecule has 0 bridgehead atoms. The van der Waals surface area contributed by atoms with E-state index in [0.29, 0.717) is 25.7 Å². The largest absolute Gasteiger partial charge is 0.472 e. The molecule has 0 aromatic carbocycles. The van der Waals surface area contributed by atoms with Crippen LogP contribution in [0.3, 0.4) is 0 Å². The van der Waals surface area contributed by atoms with Gasteiger partial charge in [0.1, 0.15) is 19.3 Å². The van der Waals surface area contributed by atoms with Crippen LogP contribution in [0.15, 0.2) is 158 Å². The van der Waals surface area contributed by atoms with Gasteiger partial charge in [0, 0.05) is 25.7 Å². The van der Waals surface area contributed by atoms with E-state index >= 15 is 0 Å². The van der Waals surface area contributed by atoms with Crippen molar-refractivity contribution >= 4 is 39.5 Å². The summed E-state index contributed by atoms with van der Waals surface area (Å²) in [5.41, 5.74) is 0. The summed E-state index contributed by atoms with van der Waals surface area (Å²) in [7, 11) is -10.00. The third-order valence-electron chi connectivity index (χ3n) is 16.0. The number of phosphoric acid groups is 2. The third-order valence-corrected chi connectivity index (χ3v) is 17.9. The number of aliphatic hydroxyl groups excluding tert-OH is 1. The highest BCUT2D eigenvalue weighted by Gasteiger charge is 2.30. The number of rotatable bonds is 73. The molecule has 592 valence electrons. The number of hydrogen-bond acceptors (Lipinski definition) is 15. The van der Waals surface area contributed by atoms with Crippen molar-refractivity contribution in [3.8, 4) is 0 Å². The van der Waals surface area contributed by atoms with Gasteiger partial charge in [-0.15, -0.1) is 0 Å². The molecule has 17 nitrogen and oxygen atoms in total. The number of carbonyl (C=O) groups is 4. The van der Waals surface area contributed by atoms with Gasteiger partial charge in [-0.25, -0.2) is 9.13 Å². The van der Waals surface area contributed by atoms with Crippen molar-refractivity contribution in [3.63, 3.8) is 0 Å². The van der Waals surface area contributed by atoms with E-state index in [-0.39, 0.29) is 25.7 Å². The Morgan fingerprint density at radius 1 is 0.279 bits per heavy atom. The Kier molecular flexibility index (Phi) is 72.0. The summed E-state index contributed by atoms with van der Waals surface area (Å²) in [6.45, 7) is 4.41. The van der Waals surface area contributed by atoms with Gasteiger partial charge in [-0.2, -0.15) is 0 Å². The molecule has 0 fully saturated rings. The zero-order chi connectivity index (χ0) is 76.0. The molecule has 104 heavy (non-hydrogen) atoms. The standard InChI is InChI=1S/C85H140O17P2/c1-5-9-13-17-21-25-29-33-37-38-39-40-44-46-50-54-58-62-66-70-83(88)96-76-81(102-85(90)72-68-64-60-56-52-48-43-36-32-28-24-20-16-12-8-4)78-100-104(93,94)98-74-79(86)73-97-103(91,92)99-77-80(101-84(89)71-67-63-59-55-51-47-42-35-31-27-23-19-15-11-7-3)75-95-82(87)69-65-61-57-53-49-45-41-34-30-26-22-18-14-10-6-2/h9-10,12-14,16,21-22,24-26,28,33-37,39-43,46,49-50,53,79-81,86H,5-8,11,15,17-20,23,27,29-32,38,44-45,47-48,51-52,54-78H2,1-4H3,(H,91,92)(H,93,94)/b13-9-,14-10-,16-12-,25-21-,26-22-,28-24-,37-33-,40-39-,41-34-,42-35-,43-36-,50-46-,53-49-. The third kappa shape index (κ3) is 74.9. The van der Waals surface area contributed by atoms with Crippen molar-refractivity contribution in [2.75, 3.05) is 39.6 Å². The van der Waals surface area contributed by atoms with Gasteiger partial charge in [-0.1, -0.05) is 263 Å². The zero-order valence-electron chi connectivity index (χ0n) is 64.6. The van der Waals surface area contributed by atoms with Crippen LogP contribution in [0.1, 0.15) is 297 Å². The fourth-order valence-electron chi connectivity index (χ4n) is 10.0. The number of hydrogen-bond donors (Lipinski definition) is 3. The first kappa shape index (κ1) is 98.7. The van der Waals surface area contributed by atoms with Crippen molar-refractivity contribution < 1.29 is 80.2 Å². The van der Waals surface area contributed by atoms with E-state index in [0.717, 1.165) is 180 Å². The van der Waals surface area contributed by atoms with Crippen LogP contribution in [0.25, 0.3) is 0 Å². The fraction of sp³-hybridized carbons (Fsp3) is 0.647. The van der Waals surface area contributed by atoms with Crippen LogP contribution in [0.5, 0.6) is 0 Å². The average Bonchev–Trinajstić information content (AvgIpc) is 0.918. The first-order chi connectivity index (χ1) is 50.7. The van der Waals surface area contributed by atoms with E-state index in [4.69, 9.17) is 37.0 Å². The summed E-state index contributed by atoms with van der Waals surface area (Å²) < 4.78 is 68.5. The lowest BCUT2D eigenvalue weighted by molar-refractivity contribution is -0.161. The number of phosphoric ester groups is 2. The fourth-order valence-corrected chi connectivity index (χ4v) is 11.6. The van der Waals surface area contributed by atoms with Gasteiger partial charge in [-0.3, -0.25) is 37.3 Å². The highest BCUT2D eigenvalue weighted by Crippen LogP contribution is 2.45. The second-order valence-corrected chi connectivity index (χ2v) is 28.8. The summed E-state index contributed by atoms with van der Waals surface area (Å²) in [5.74, 6) is -2.29. The van der Waals surface area contributed by atoms with Crippen molar-refractivity contribution in [2.45, 2.75) is 316 Å². The number of carbonyl (C=O) groups excluding carboxylic acids is 4. The van der Waals surface area contributed by atoms with E-state index in [9.17, 15) is 43.2 Å². The summed E-state index contributed by atoms with van der Waals surface area (Å²) in [6, 6.07) is 0. The molecule has 19 heteroatoms. The lowest BCUT2D eigenvalue weighted by atomic mass is 10.1. The first-order valence-electron chi connectivity index (χ1n) is 39.7. The highest BCUT2D eigenvalue weighted by atomic mass is 31.2. The Balaban J connectivity index is 5.45. The molecule has 0 rings (SSSR count). The smallest absolute Gasteiger partial charge is 0.462 e. The number of aliphatic hydroxyl groups is 1. The molecule has 0 saturated heterocycles. The van der Waals surface area contributed by atoms with Crippen molar-refractivity contribution in [3.05, 3.63) is 158 Å². The normalized spacial score (nSPS) is 14.7. The number of unbranched alkanes of at least 4 members (excludes halogenated alkanes) is 21. The van der Waals surface area contributed by atoms with Gasteiger partial charge in [0.2, 0.25) is 0 Å². The molecule has 0 aromatic rings. The lowest BCUT2D eigenvalue weighted by Gasteiger charge is -2.21. The maximum Gasteiger partial charge on any atom is 0.472 e. The quantitative estimate of drug-likeness (QED) is 0.0169. The Hall–Kier alpha value is -5.32. The molecular formula is C85H140O17P2. The van der Waals surface area contributed by atoms with Gasteiger partial charge < -0.3 is 33.8 Å². The molecule has 0 aliphatic rings. The predicted molar refractivity (Wildman–Crippen MR) is 427 cm³/mol. The highest BCUT2D eigenvalue weighted by molar-refractivity contribution is 7.47. The van der Waals surface area contributed by atoms with Gasteiger partial charge in [-0.05, 0) is 167 Å². The molecule has 0 spiro atoms. The second kappa shape index (κ2) is 75.9. The Labute approximate surface area is 629 Å². The van der Waals surface area contributed by atoms with Crippen molar-refractivity contribution in [2.24, 2.45) is 0 Å². The van der Waals surface area contributed by atoms with Gasteiger partial charge in [0.15, 0.2) is 12.2 Å². The van der Waals surface area contributed by atoms with Crippen LogP contribution < -0.4 is 0 Å². The van der Waals surface area contributed by atoms with Crippen molar-refractivity contribution in [1.82, 2.24) is 0 Å². The molecular weight excluding hydrogens is 1350 g/mol. The number of esters is 4. The predicted octanol–water partition coefficient (Wildman–Crippen LogP) is 23.2. The first-order valence-corrected chi connectivity index (χ1v) is 42.7. The van der Waals surface area contributed by atoms with Crippen LogP contribution in [0.2, 0.25) is 0 Å². The number of allylic oxidation sites excluding steroid dienone is 26. The van der Waals surface area contributed by atoms with Crippen LogP contribution in [0.4, 0.5) is 0 Å². The molecule has 0 saturated carbocycles. The molecule has 0 aliphatic carbocycles. The number of ether oxygens (including phenoxy) is 4. The topological polar surface area (TPSA) is 237 Å². The Morgan fingerprint density at radius 3 is 0.808 bits per heavy atom. The van der Waals surface area contributed by atoms with Crippen LogP contribution >= 0.6 is 15.6 Å². The average molecular weight is 1500 g/mol. The maximum absolute atomic E-state index is 13.1. The summed E-state index contributed by atoms with van der Waals surface area (Å²) in [5, 5.41) is 10.6. The van der Waals surface area contributed by atoms with E-state index in [2.05, 4.69) is 186 Å². The second-order valence-electron chi connectivity index (χ2n) is 25.9. The molecule has 5 unspecified atom stereocenters. The summed E-state index contributed by atoms with van der Waals surface area (Å²) in [6.07, 6.45) is 88.0. The minimum Gasteiger partial charge on any atom is -0.462 e. The van der Waals surface area contributed by atoms with Crippen molar-refractivity contribution in [1.29, 1.82) is 0 Å². The Morgan fingerprint density at radius 2 is 0.500 bits per heavy atom. The van der Waals surface area contributed by atoms with E-state index in [1.165, 1.54) is 38.5 Å².